The van der Waals surface area contributed by atoms with E-state index < -0.39 is 0 Å². The zero-order chi connectivity index (χ0) is 16.7. The second-order valence-electron chi connectivity index (χ2n) is 5.82. The van der Waals surface area contributed by atoms with E-state index in [0.29, 0.717) is 16.5 Å². The Bertz CT molecular complexity index is 884. The van der Waals surface area contributed by atoms with Crippen LogP contribution in [0.5, 0.6) is 0 Å². The van der Waals surface area contributed by atoms with Crippen LogP contribution in [0.3, 0.4) is 0 Å². The lowest BCUT2D eigenvalue weighted by Gasteiger charge is -1.99. The maximum atomic E-state index is 12.1. The molecule has 0 amide bonds. The lowest BCUT2D eigenvalue weighted by molar-refractivity contribution is 0.0444. The highest BCUT2D eigenvalue weighted by Crippen LogP contribution is 2.31. The lowest BCUT2D eigenvalue weighted by atomic mass is 10.2. The second-order valence-corrected chi connectivity index (χ2v) is 6.95. The molecule has 0 atom stereocenters. The largest absolute Gasteiger partial charge is 0.466 e. The van der Waals surface area contributed by atoms with E-state index in [0.717, 1.165) is 24.2 Å². The van der Waals surface area contributed by atoms with E-state index in [9.17, 15) is 4.79 Å². The third-order valence-electron chi connectivity index (χ3n) is 4.01. The minimum Gasteiger partial charge on any atom is -0.466 e. The topological polar surface area (TPSA) is 78.4 Å². The van der Waals surface area contributed by atoms with Crippen molar-refractivity contribution in [3.8, 4) is 11.5 Å². The summed E-state index contributed by atoms with van der Waals surface area (Å²) in [6.45, 7) is 3.65. The van der Waals surface area contributed by atoms with Crippen LogP contribution in [0.2, 0.25) is 0 Å². The number of fused-ring (bicyclic) bond motifs is 1. The molecule has 124 valence electrons. The monoisotopic (exact) mass is 344 g/mol. The fourth-order valence-electron chi connectivity index (χ4n) is 2.89. The molecule has 1 aliphatic carbocycles. The Morgan fingerprint density at radius 3 is 2.88 bits per heavy atom. The number of hydrogen-bond donors (Lipinski definition) is 0. The van der Waals surface area contributed by atoms with Gasteiger partial charge in [-0.3, -0.25) is 0 Å². The molecule has 0 bridgehead atoms. The van der Waals surface area contributed by atoms with Crippen molar-refractivity contribution in [2.75, 3.05) is 0 Å². The first-order valence-electron chi connectivity index (χ1n) is 7.78. The van der Waals surface area contributed by atoms with E-state index in [1.54, 1.807) is 0 Å². The second kappa shape index (κ2) is 5.90. The Balaban J connectivity index is 1.42. The number of aromatic nitrogens is 2. The number of carbonyl (C=O) groups excluding carboxylic acids is 1. The molecule has 4 rings (SSSR count). The third-order valence-corrected chi connectivity index (χ3v) is 5.23. The van der Waals surface area contributed by atoms with Crippen LogP contribution in [-0.4, -0.2) is 16.2 Å². The quantitative estimate of drug-likeness (QED) is 0.669. The summed E-state index contributed by atoms with van der Waals surface area (Å²) in [4.78, 5) is 14.1. The predicted octanol–water partition coefficient (Wildman–Crippen LogP) is 3.85. The maximum Gasteiger partial charge on any atom is 0.348 e. The van der Waals surface area contributed by atoms with Gasteiger partial charge in [-0.25, -0.2) is 4.79 Å². The summed E-state index contributed by atoms with van der Waals surface area (Å²) in [6, 6.07) is 3.78. The number of nitrogens with zero attached hydrogens (tertiary/aromatic N) is 2. The van der Waals surface area contributed by atoms with Crippen molar-refractivity contribution >= 4 is 17.3 Å². The number of thiophene rings is 1. The Morgan fingerprint density at radius 2 is 2.12 bits per heavy atom. The average molecular weight is 344 g/mol. The molecular formula is C17H16N2O4S. The molecule has 3 aromatic rings. The van der Waals surface area contributed by atoms with Crippen LogP contribution in [0.15, 0.2) is 21.0 Å². The van der Waals surface area contributed by atoms with Gasteiger partial charge < -0.3 is 13.6 Å². The van der Waals surface area contributed by atoms with Crippen molar-refractivity contribution in [1.29, 1.82) is 0 Å². The van der Waals surface area contributed by atoms with Crippen molar-refractivity contribution in [2.45, 2.75) is 39.7 Å². The number of hydrogen-bond acceptors (Lipinski definition) is 7. The Hall–Kier alpha value is -2.41. The summed E-state index contributed by atoms with van der Waals surface area (Å²) in [5.41, 5.74) is 2.03. The summed E-state index contributed by atoms with van der Waals surface area (Å²) in [7, 11) is 0. The molecule has 1 aliphatic rings. The minimum atomic E-state index is -0.343. The third kappa shape index (κ3) is 2.75. The zero-order valence-electron chi connectivity index (χ0n) is 13.4. The number of ether oxygens (including phenoxy) is 1. The summed E-state index contributed by atoms with van der Waals surface area (Å²) >= 11 is 1.52. The highest BCUT2D eigenvalue weighted by molar-refractivity contribution is 7.14. The summed E-state index contributed by atoms with van der Waals surface area (Å²) in [6.07, 6.45) is 3.29. The van der Waals surface area contributed by atoms with Crippen molar-refractivity contribution < 1.29 is 18.4 Å². The van der Waals surface area contributed by atoms with E-state index in [1.165, 1.54) is 28.2 Å². The molecule has 0 saturated heterocycles. The van der Waals surface area contributed by atoms with Crippen LogP contribution in [0.25, 0.3) is 11.5 Å². The molecule has 0 radical (unpaired) electrons. The number of furan rings is 1. The molecular weight excluding hydrogens is 328 g/mol. The van der Waals surface area contributed by atoms with Crippen molar-refractivity contribution in [2.24, 2.45) is 0 Å². The minimum absolute atomic E-state index is 0.0374. The van der Waals surface area contributed by atoms with E-state index in [-0.39, 0.29) is 18.5 Å². The van der Waals surface area contributed by atoms with E-state index in [1.807, 2.05) is 26.0 Å². The van der Waals surface area contributed by atoms with Gasteiger partial charge in [0.25, 0.3) is 11.8 Å². The highest BCUT2D eigenvalue weighted by Gasteiger charge is 2.20. The maximum absolute atomic E-state index is 12.1. The number of aryl methyl sites for hydroxylation is 4. The molecule has 24 heavy (non-hydrogen) atoms. The van der Waals surface area contributed by atoms with Gasteiger partial charge in [0.15, 0.2) is 6.61 Å². The van der Waals surface area contributed by atoms with Crippen molar-refractivity contribution in [3.05, 3.63) is 44.9 Å². The molecule has 0 saturated carbocycles. The summed E-state index contributed by atoms with van der Waals surface area (Å²) < 4.78 is 16.3. The molecule has 0 unspecified atom stereocenters. The molecule has 0 fully saturated rings. The SMILES string of the molecule is Cc1cc(-c2nnc(COC(=O)c3cc4c(s3)CCC4)o2)c(C)o1. The first kappa shape index (κ1) is 15.1. The van der Waals surface area contributed by atoms with Crippen molar-refractivity contribution in [1.82, 2.24) is 10.2 Å². The van der Waals surface area contributed by atoms with Crippen LogP contribution in [-0.2, 0) is 24.2 Å². The fourth-order valence-corrected chi connectivity index (χ4v) is 4.04. The molecule has 0 N–H and O–H groups in total. The van der Waals surface area contributed by atoms with Gasteiger partial charge in [0, 0.05) is 4.88 Å². The highest BCUT2D eigenvalue weighted by atomic mass is 32.1. The predicted molar refractivity (Wildman–Crippen MR) is 86.9 cm³/mol. The molecule has 0 aromatic carbocycles. The van der Waals surface area contributed by atoms with Gasteiger partial charge in [0.05, 0.1) is 5.56 Å². The van der Waals surface area contributed by atoms with Gasteiger partial charge in [-0.05, 0) is 50.8 Å². The normalized spacial score (nSPS) is 13.2. The molecule has 0 aliphatic heterocycles. The van der Waals surface area contributed by atoms with E-state index in [4.69, 9.17) is 13.6 Å². The van der Waals surface area contributed by atoms with Crippen molar-refractivity contribution in [3.63, 3.8) is 0 Å². The number of carbonyl (C=O) groups is 1. The van der Waals surface area contributed by atoms with Crippen LogP contribution < -0.4 is 0 Å². The number of esters is 1. The smallest absolute Gasteiger partial charge is 0.348 e. The Morgan fingerprint density at radius 1 is 1.25 bits per heavy atom. The zero-order valence-corrected chi connectivity index (χ0v) is 14.2. The standard InChI is InChI=1S/C17H16N2O4S/c1-9-6-12(10(2)22-9)16-19-18-15(23-16)8-21-17(20)14-7-11-4-3-5-13(11)24-14/h6-7H,3-5,8H2,1-2H3. The van der Waals surface area contributed by atoms with Crippen LogP contribution >= 0.6 is 11.3 Å². The van der Waals surface area contributed by atoms with Gasteiger partial charge >= 0.3 is 5.97 Å². The first-order valence-corrected chi connectivity index (χ1v) is 8.60. The first-order chi connectivity index (χ1) is 11.6. The van der Waals surface area contributed by atoms with E-state index in [2.05, 4.69) is 10.2 Å². The molecule has 3 aromatic heterocycles. The van der Waals surface area contributed by atoms with Crippen LogP contribution in [0.4, 0.5) is 0 Å². The van der Waals surface area contributed by atoms with Gasteiger partial charge in [0.1, 0.15) is 16.4 Å². The lowest BCUT2D eigenvalue weighted by Crippen LogP contribution is -2.03. The molecule has 7 heteroatoms. The Labute approximate surface area is 142 Å². The molecule has 6 nitrogen and oxygen atoms in total. The summed E-state index contributed by atoms with van der Waals surface area (Å²) in [5, 5.41) is 7.91. The average Bonchev–Trinajstić information content (AvgIpc) is 3.27. The van der Waals surface area contributed by atoms with Crippen LogP contribution in [0.1, 0.15) is 43.9 Å². The summed E-state index contributed by atoms with van der Waals surface area (Å²) in [5.74, 6) is 1.78. The van der Waals surface area contributed by atoms with Gasteiger partial charge in [-0.1, -0.05) is 0 Å². The molecule has 0 spiro atoms. The van der Waals surface area contributed by atoms with E-state index >= 15 is 0 Å². The van der Waals surface area contributed by atoms with Gasteiger partial charge in [-0.2, -0.15) is 0 Å². The van der Waals surface area contributed by atoms with Crippen LogP contribution in [0, 0.1) is 13.8 Å². The molecule has 3 heterocycles. The Kier molecular flexibility index (Phi) is 3.72. The van der Waals surface area contributed by atoms with Gasteiger partial charge in [-0.15, -0.1) is 21.5 Å². The van der Waals surface area contributed by atoms with Gasteiger partial charge in [0.2, 0.25) is 0 Å². The number of rotatable bonds is 4. The fraction of sp³-hybridized carbons (Fsp3) is 0.353.